The summed E-state index contributed by atoms with van der Waals surface area (Å²) < 4.78 is 14.6. The lowest BCUT2D eigenvalue weighted by atomic mass is 10.2. The molecule has 1 unspecified atom stereocenters. The molecule has 0 fully saturated rings. The highest BCUT2D eigenvalue weighted by atomic mass is 79.9. The molecule has 0 aliphatic heterocycles. The van der Waals surface area contributed by atoms with Crippen LogP contribution in [0.1, 0.15) is 24.3 Å². The van der Waals surface area contributed by atoms with E-state index in [2.05, 4.69) is 35.2 Å². The zero-order valence-corrected chi connectivity index (χ0v) is 15.2. The molecule has 0 N–H and O–H groups in total. The third kappa shape index (κ3) is 5.99. The third-order valence-corrected chi connectivity index (χ3v) is 3.39. The van der Waals surface area contributed by atoms with Crippen LogP contribution in [-0.4, -0.2) is 14.1 Å². The van der Waals surface area contributed by atoms with E-state index < -0.39 is 6.30 Å². The summed E-state index contributed by atoms with van der Waals surface area (Å²) >= 11 is 0. The topological polar surface area (TPSA) is 7.12 Å². The van der Waals surface area contributed by atoms with E-state index in [-0.39, 0.29) is 17.0 Å². The normalized spacial score (nSPS) is 12.3. The Bertz CT molecular complexity index is 585. The van der Waals surface area contributed by atoms with E-state index in [0.717, 1.165) is 11.1 Å². The van der Waals surface area contributed by atoms with Gasteiger partial charge < -0.3 is 21.9 Å². The van der Waals surface area contributed by atoms with E-state index >= 15 is 0 Å². The number of aromatic nitrogens is 1. The van der Waals surface area contributed by atoms with Crippen molar-refractivity contribution < 1.29 is 25.9 Å². The minimum atomic E-state index is -0.997. The van der Waals surface area contributed by atoms with Crippen LogP contribution in [0.15, 0.2) is 60.9 Å². The highest BCUT2D eigenvalue weighted by molar-refractivity contribution is 5.59. The molecule has 4 heteroatoms. The predicted molar refractivity (Wildman–Crippen MR) is 91.3 cm³/mol. The zero-order valence-electron chi connectivity index (χ0n) is 13.7. The van der Waals surface area contributed by atoms with Crippen LogP contribution in [0.25, 0.3) is 12.2 Å². The molecule has 23 heavy (non-hydrogen) atoms. The summed E-state index contributed by atoms with van der Waals surface area (Å²) in [7, 11) is 4.06. The van der Waals surface area contributed by atoms with Crippen molar-refractivity contribution in [1.29, 1.82) is 0 Å². The highest BCUT2D eigenvalue weighted by Crippen LogP contribution is 2.13. The Morgan fingerprint density at radius 3 is 1.83 bits per heavy atom. The maximum Gasteiger partial charge on any atom is 0.296 e. The first-order valence-corrected chi connectivity index (χ1v) is 7.33. The standard InChI is InChI=1S/C19H22FN2.BrH/c1-16(20)22-14-12-18(13-15-22)7-5-4-6-17-8-10-19(11-9-17)21(2)3;/h4-16H,1-3H3;1H/q+1;/p-1. The summed E-state index contributed by atoms with van der Waals surface area (Å²) in [5.41, 5.74) is 3.39. The minimum absolute atomic E-state index is 0. The summed E-state index contributed by atoms with van der Waals surface area (Å²) in [5, 5.41) is 0. The number of hydrogen-bond acceptors (Lipinski definition) is 1. The summed E-state index contributed by atoms with van der Waals surface area (Å²) in [4.78, 5) is 2.08. The van der Waals surface area contributed by atoms with Gasteiger partial charge >= 0.3 is 0 Å². The van der Waals surface area contributed by atoms with E-state index in [0.29, 0.717) is 0 Å². The number of alkyl halides is 1. The maximum absolute atomic E-state index is 13.1. The van der Waals surface area contributed by atoms with Crippen molar-refractivity contribution in [1.82, 2.24) is 0 Å². The third-order valence-electron chi connectivity index (χ3n) is 3.39. The fourth-order valence-electron chi connectivity index (χ4n) is 2.01. The van der Waals surface area contributed by atoms with Gasteiger partial charge in [0.1, 0.15) is 0 Å². The van der Waals surface area contributed by atoms with Crippen molar-refractivity contribution in [2.75, 3.05) is 19.0 Å². The average molecular weight is 377 g/mol. The van der Waals surface area contributed by atoms with Gasteiger partial charge in [0.2, 0.25) is 0 Å². The fraction of sp³-hybridized carbons (Fsp3) is 0.211. The molecule has 2 aromatic rings. The van der Waals surface area contributed by atoms with Crippen LogP contribution in [0.5, 0.6) is 0 Å². The Morgan fingerprint density at radius 2 is 1.39 bits per heavy atom. The zero-order chi connectivity index (χ0) is 15.9. The first-order valence-electron chi connectivity index (χ1n) is 7.33. The molecule has 1 aromatic heterocycles. The van der Waals surface area contributed by atoms with Crippen LogP contribution < -0.4 is 26.4 Å². The first kappa shape index (κ1) is 19.1. The number of allylic oxidation sites excluding steroid dienone is 2. The number of benzene rings is 1. The van der Waals surface area contributed by atoms with E-state index in [1.54, 1.807) is 12.4 Å². The van der Waals surface area contributed by atoms with E-state index in [9.17, 15) is 4.39 Å². The van der Waals surface area contributed by atoms with Gasteiger partial charge in [-0.15, -0.1) is 0 Å². The molecular weight excluding hydrogens is 355 g/mol. The Hall–Kier alpha value is -1.94. The molecule has 0 saturated carbocycles. The van der Waals surface area contributed by atoms with Gasteiger partial charge in [-0.25, -0.2) is 0 Å². The van der Waals surface area contributed by atoms with Crippen molar-refractivity contribution in [2.24, 2.45) is 0 Å². The van der Waals surface area contributed by atoms with Crippen LogP contribution in [-0.2, 0) is 0 Å². The molecule has 2 nitrogen and oxygen atoms in total. The molecule has 0 bridgehead atoms. The van der Waals surface area contributed by atoms with Crippen LogP contribution in [0, 0.1) is 0 Å². The van der Waals surface area contributed by atoms with Gasteiger partial charge in [-0.3, -0.25) is 0 Å². The molecule has 122 valence electrons. The summed E-state index contributed by atoms with van der Waals surface area (Å²) in [5.74, 6) is 0. The fourth-order valence-corrected chi connectivity index (χ4v) is 2.01. The molecule has 2 rings (SSSR count). The molecule has 0 saturated heterocycles. The van der Waals surface area contributed by atoms with Crippen molar-refractivity contribution in [3.05, 3.63) is 72.1 Å². The van der Waals surface area contributed by atoms with Gasteiger partial charge in [0.15, 0.2) is 12.4 Å². The summed E-state index contributed by atoms with van der Waals surface area (Å²) in [6.45, 7) is 1.51. The van der Waals surface area contributed by atoms with Gasteiger partial charge in [-0.2, -0.15) is 8.96 Å². The molecular formula is C19H22BrFN2. The van der Waals surface area contributed by atoms with Crippen LogP contribution in [0.3, 0.4) is 0 Å². The minimum Gasteiger partial charge on any atom is -1.00 e. The van der Waals surface area contributed by atoms with Gasteiger partial charge in [-0.05, 0) is 23.3 Å². The quantitative estimate of drug-likeness (QED) is 0.562. The molecule has 0 aliphatic rings. The number of rotatable bonds is 5. The van der Waals surface area contributed by atoms with Crippen molar-refractivity contribution in [2.45, 2.75) is 13.2 Å². The van der Waals surface area contributed by atoms with Crippen LogP contribution >= 0.6 is 0 Å². The van der Waals surface area contributed by atoms with Crippen LogP contribution in [0.2, 0.25) is 0 Å². The Morgan fingerprint density at radius 1 is 0.913 bits per heavy atom. The lowest BCUT2D eigenvalue weighted by Crippen LogP contribution is -3.00. The molecule has 1 atom stereocenters. The Labute approximate surface area is 148 Å². The molecule has 0 radical (unpaired) electrons. The Balaban J connectivity index is 0.00000264. The second kappa shape index (κ2) is 9.26. The number of hydrogen-bond donors (Lipinski definition) is 0. The Kier molecular flexibility index (Phi) is 7.69. The van der Waals surface area contributed by atoms with Gasteiger partial charge in [0.05, 0.1) is 0 Å². The van der Waals surface area contributed by atoms with Crippen LogP contribution in [0.4, 0.5) is 10.1 Å². The molecule has 1 aromatic carbocycles. The van der Waals surface area contributed by atoms with Gasteiger partial charge in [0, 0.05) is 38.8 Å². The molecule has 0 spiro atoms. The largest absolute Gasteiger partial charge is 1.00 e. The van der Waals surface area contributed by atoms with E-state index in [1.165, 1.54) is 17.2 Å². The number of pyridine rings is 1. The van der Waals surface area contributed by atoms with Crippen molar-refractivity contribution >= 4 is 17.8 Å². The lowest BCUT2D eigenvalue weighted by Gasteiger charge is -2.11. The monoisotopic (exact) mass is 376 g/mol. The molecule has 1 heterocycles. The predicted octanol–water partition coefficient (Wildman–Crippen LogP) is 1.26. The highest BCUT2D eigenvalue weighted by Gasteiger charge is 2.06. The SMILES string of the molecule is CC(F)[n+]1ccc(/C=C/C=C/c2ccc(N(C)C)cc2)cc1.[Br-]. The summed E-state index contributed by atoms with van der Waals surface area (Å²) in [6, 6.07) is 12.2. The van der Waals surface area contributed by atoms with E-state index in [1.807, 2.05) is 44.5 Å². The average Bonchev–Trinajstić information content (AvgIpc) is 2.52. The lowest BCUT2D eigenvalue weighted by molar-refractivity contribution is -0.743. The number of halogens is 2. The van der Waals surface area contributed by atoms with Crippen molar-refractivity contribution in [3.63, 3.8) is 0 Å². The smallest absolute Gasteiger partial charge is 0.296 e. The second-order valence-corrected chi connectivity index (χ2v) is 5.36. The number of nitrogens with zero attached hydrogens (tertiary/aromatic N) is 2. The maximum atomic E-state index is 13.1. The molecule has 0 aliphatic carbocycles. The second-order valence-electron chi connectivity index (χ2n) is 5.36. The first-order chi connectivity index (χ1) is 10.6. The van der Waals surface area contributed by atoms with Crippen molar-refractivity contribution in [3.8, 4) is 0 Å². The summed E-state index contributed by atoms with van der Waals surface area (Å²) in [6.07, 6.45) is 10.5. The molecule has 0 amide bonds. The van der Waals surface area contributed by atoms with E-state index in [4.69, 9.17) is 0 Å². The number of anilines is 1. The van der Waals surface area contributed by atoms with Gasteiger partial charge in [0.25, 0.3) is 6.30 Å². The van der Waals surface area contributed by atoms with Gasteiger partial charge in [-0.1, -0.05) is 36.4 Å².